The van der Waals surface area contributed by atoms with Gasteiger partial charge in [0.1, 0.15) is 11.2 Å². The number of hydrogen-bond donors (Lipinski definition) is 0. The fourth-order valence-electron chi connectivity index (χ4n) is 8.14. The van der Waals surface area contributed by atoms with E-state index in [2.05, 4.69) is 12.2 Å². The van der Waals surface area contributed by atoms with Crippen molar-refractivity contribution in [1.82, 2.24) is 0 Å². The summed E-state index contributed by atoms with van der Waals surface area (Å²) in [6, 6.07) is 16.6. The molecule has 1 saturated heterocycles. The molecule has 34 heavy (non-hydrogen) atoms. The van der Waals surface area contributed by atoms with E-state index in [0.29, 0.717) is 0 Å². The molecular formula is C27H26O5S2. The average molecular weight is 495 g/mol. The molecule has 8 atom stereocenters. The lowest BCUT2D eigenvalue weighted by Gasteiger charge is -2.36. The van der Waals surface area contributed by atoms with Gasteiger partial charge < -0.3 is 4.74 Å². The van der Waals surface area contributed by atoms with E-state index in [1.54, 1.807) is 60.7 Å². The van der Waals surface area contributed by atoms with Crippen molar-refractivity contribution in [2.45, 2.75) is 51.8 Å². The third-order valence-corrected chi connectivity index (χ3v) is 13.7. The zero-order chi connectivity index (χ0) is 23.7. The van der Waals surface area contributed by atoms with Crippen LogP contribution in [-0.4, -0.2) is 38.5 Å². The van der Waals surface area contributed by atoms with Gasteiger partial charge in [-0.2, -0.15) is 0 Å². The fourth-order valence-corrected chi connectivity index (χ4v) is 13.2. The molecule has 5 nitrogen and oxygen atoms in total. The van der Waals surface area contributed by atoms with Gasteiger partial charge in [0.25, 0.3) is 0 Å². The molecule has 5 aliphatic rings. The van der Waals surface area contributed by atoms with E-state index in [1.165, 1.54) is 0 Å². The molecular weight excluding hydrogens is 468 g/mol. The van der Waals surface area contributed by atoms with Crippen LogP contribution in [0.4, 0.5) is 0 Å². The summed E-state index contributed by atoms with van der Waals surface area (Å²) in [7, 11) is -7.93. The summed E-state index contributed by atoms with van der Waals surface area (Å²) < 4.78 is 63.7. The van der Waals surface area contributed by atoms with Gasteiger partial charge in [-0.25, -0.2) is 16.8 Å². The number of fused-ring (bicyclic) bond motifs is 4. The average Bonchev–Trinajstić information content (AvgIpc) is 3.16. The summed E-state index contributed by atoms with van der Waals surface area (Å²) in [6.07, 6.45) is 5.26. The Hall–Kier alpha value is -2.22. The quantitative estimate of drug-likeness (QED) is 0.474. The van der Waals surface area contributed by atoms with Crippen LogP contribution >= 0.6 is 0 Å². The van der Waals surface area contributed by atoms with E-state index in [4.69, 9.17) is 4.74 Å². The highest BCUT2D eigenvalue weighted by molar-refractivity contribution is 7.96. The normalized spacial score (nSPS) is 40.9. The van der Waals surface area contributed by atoms with Crippen LogP contribution in [0.3, 0.4) is 0 Å². The molecule has 2 aromatic carbocycles. The fraction of sp³-hybridized carbons (Fsp3) is 0.407. The lowest BCUT2D eigenvalue weighted by Crippen LogP contribution is -2.54. The monoisotopic (exact) mass is 494 g/mol. The van der Waals surface area contributed by atoms with Gasteiger partial charge in [0.15, 0.2) is 19.7 Å². The summed E-state index contributed by atoms with van der Waals surface area (Å²) >= 11 is 0. The summed E-state index contributed by atoms with van der Waals surface area (Å²) in [5, 5.41) is -2.17. The van der Waals surface area contributed by atoms with Crippen LogP contribution in [0.2, 0.25) is 0 Å². The molecule has 4 bridgehead atoms. The smallest absolute Gasteiger partial charge is 0.183 e. The number of benzene rings is 2. The molecule has 0 radical (unpaired) electrons. The molecule has 4 aliphatic carbocycles. The van der Waals surface area contributed by atoms with E-state index in [1.807, 2.05) is 13.8 Å². The zero-order valence-electron chi connectivity index (χ0n) is 19.0. The van der Waals surface area contributed by atoms with Crippen molar-refractivity contribution in [3.8, 4) is 0 Å². The third-order valence-electron chi connectivity index (χ3n) is 9.10. The van der Waals surface area contributed by atoms with Crippen LogP contribution in [-0.2, 0) is 24.4 Å². The zero-order valence-corrected chi connectivity index (χ0v) is 20.6. The van der Waals surface area contributed by atoms with Gasteiger partial charge in [-0.15, -0.1) is 0 Å². The molecule has 4 fully saturated rings. The van der Waals surface area contributed by atoms with Gasteiger partial charge in [0.05, 0.1) is 20.3 Å². The van der Waals surface area contributed by atoms with Gasteiger partial charge >= 0.3 is 0 Å². The molecule has 0 N–H and O–H groups in total. The van der Waals surface area contributed by atoms with Crippen LogP contribution in [0.25, 0.3) is 0 Å². The van der Waals surface area contributed by atoms with Crippen molar-refractivity contribution in [2.24, 2.45) is 23.7 Å². The first-order valence-corrected chi connectivity index (χ1v) is 14.9. The van der Waals surface area contributed by atoms with Crippen molar-refractivity contribution >= 4 is 19.7 Å². The highest BCUT2D eigenvalue weighted by atomic mass is 32.2. The van der Waals surface area contributed by atoms with Crippen LogP contribution in [0, 0.1) is 23.7 Å². The van der Waals surface area contributed by atoms with Gasteiger partial charge in [-0.1, -0.05) is 59.7 Å². The standard InChI is InChI=1S/C27H26O5S2/c1-16(2)21-22-24(33(28,29)19-9-5-3-6-10-19)25(34(30,31)20-11-7-4-8-12-20)23(21)27-18-14-13-17(15-18)26(22,27)32-27/h3-14,17-18,22-25H,15H2,1-2H3/t17-,18-,22-,23-,24-,25+,26-,27-/m0/s1. The second-order valence-corrected chi connectivity index (χ2v) is 14.8. The van der Waals surface area contributed by atoms with E-state index in [-0.39, 0.29) is 21.6 Å². The second-order valence-electron chi connectivity index (χ2n) is 10.6. The number of ether oxygens (including phenoxy) is 1. The first kappa shape index (κ1) is 21.1. The van der Waals surface area contributed by atoms with Crippen LogP contribution in [0.1, 0.15) is 20.3 Å². The summed E-state index contributed by atoms with van der Waals surface area (Å²) in [5.74, 6) is -0.654. The van der Waals surface area contributed by atoms with Crippen LogP contribution in [0.5, 0.6) is 0 Å². The predicted molar refractivity (Wildman–Crippen MR) is 127 cm³/mol. The Labute approximate surface area is 200 Å². The second kappa shape index (κ2) is 6.31. The molecule has 0 amide bonds. The van der Waals surface area contributed by atoms with Crippen molar-refractivity contribution in [1.29, 1.82) is 0 Å². The van der Waals surface area contributed by atoms with Crippen molar-refractivity contribution in [2.75, 3.05) is 0 Å². The number of rotatable bonds is 4. The molecule has 0 unspecified atom stereocenters. The number of epoxide rings is 1. The maximum absolute atomic E-state index is 14.3. The van der Waals surface area contributed by atoms with E-state index in [0.717, 1.165) is 17.6 Å². The highest BCUT2D eigenvalue weighted by Gasteiger charge is 2.96. The Morgan fingerprint density at radius 2 is 1.15 bits per heavy atom. The molecule has 0 spiro atoms. The summed E-state index contributed by atoms with van der Waals surface area (Å²) in [4.78, 5) is 0.352. The highest BCUT2D eigenvalue weighted by Crippen LogP contribution is 2.85. The molecule has 2 aromatic rings. The number of sulfone groups is 2. The van der Waals surface area contributed by atoms with Gasteiger partial charge in [-0.3, -0.25) is 0 Å². The first-order valence-electron chi connectivity index (χ1n) is 11.8. The van der Waals surface area contributed by atoms with Gasteiger partial charge in [0, 0.05) is 23.7 Å². The minimum atomic E-state index is -3.96. The molecule has 1 heterocycles. The minimum absolute atomic E-state index is 0.135. The number of allylic oxidation sites excluding steroid dienone is 1. The summed E-state index contributed by atoms with van der Waals surface area (Å²) in [5.41, 5.74) is 0.821. The van der Waals surface area contributed by atoms with E-state index in [9.17, 15) is 16.8 Å². The Bertz CT molecular complexity index is 1380. The van der Waals surface area contributed by atoms with Crippen molar-refractivity contribution in [3.63, 3.8) is 0 Å². The predicted octanol–water partition coefficient (Wildman–Crippen LogP) is 3.98. The Balaban J connectivity index is 1.52. The van der Waals surface area contributed by atoms with E-state index >= 15 is 0 Å². The van der Waals surface area contributed by atoms with Crippen molar-refractivity contribution in [3.05, 3.63) is 84.0 Å². The SMILES string of the molecule is CC(C)=C1[C@H]2[C@H](S(=O)(=O)c3ccccc3)[C@H](S(=O)(=O)c3ccccc3)[C@H]1[C@]13O[C@@]21[C@H]1C=C[C@H]3C1. The maximum atomic E-state index is 14.3. The number of hydrogen-bond acceptors (Lipinski definition) is 5. The molecule has 7 rings (SSSR count). The Morgan fingerprint density at radius 3 is 1.53 bits per heavy atom. The molecule has 0 aromatic heterocycles. The largest absolute Gasteiger partial charge is 0.360 e. The molecule has 1 aliphatic heterocycles. The van der Waals surface area contributed by atoms with Gasteiger partial charge in [-0.05, 0) is 44.5 Å². The van der Waals surface area contributed by atoms with Crippen LogP contribution in [0.15, 0.2) is 93.8 Å². The van der Waals surface area contributed by atoms with Crippen molar-refractivity contribution < 1.29 is 21.6 Å². The summed E-state index contributed by atoms with van der Waals surface area (Å²) in [6.45, 7) is 3.98. The minimum Gasteiger partial charge on any atom is -0.360 e. The molecule has 3 saturated carbocycles. The first-order chi connectivity index (χ1) is 16.2. The molecule has 7 heteroatoms. The van der Waals surface area contributed by atoms with E-state index < -0.39 is 53.2 Å². The lowest BCUT2D eigenvalue weighted by atomic mass is 9.73. The maximum Gasteiger partial charge on any atom is 0.183 e. The Morgan fingerprint density at radius 1 is 0.735 bits per heavy atom. The van der Waals surface area contributed by atoms with Gasteiger partial charge in [0.2, 0.25) is 0 Å². The Kier molecular flexibility index (Phi) is 3.91. The lowest BCUT2D eigenvalue weighted by molar-refractivity contribution is 0.123. The third kappa shape index (κ3) is 2.12. The molecule has 176 valence electrons. The van der Waals surface area contributed by atoms with Crippen LogP contribution < -0.4 is 0 Å². The topological polar surface area (TPSA) is 80.8 Å².